The second kappa shape index (κ2) is 6.50. The van der Waals surface area contributed by atoms with E-state index in [1.807, 2.05) is 38.3 Å². The highest BCUT2D eigenvalue weighted by Gasteiger charge is 2.24. The third-order valence-electron chi connectivity index (χ3n) is 4.17. The van der Waals surface area contributed by atoms with Crippen LogP contribution in [0.5, 0.6) is 0 Å². The average Bonchev–Trinajstić information content (AvgIpc) is 3.14. The zero-order valence-corrected chi connectivity index (χ0v) is 17.1. The molecule has 0 bridgehead atoms. The molecule has 1 unspecified atom stereocenters. The lowest BCUT2D eigenvalue weighted by atomic mass is 9.95. The second-order valence-corrected chi connectivity index (χ2v) is 9.31. The minimum absolute atomic E-state index is 0.00516. The first kappa shape index (κ1) is 18.0. The van der Waals surface area contributed by atoms with E-state index >= 15 is 0 Å². The predicted molar refractivity (Wildman–Crippen MR) is 106 cm³/mol. The molecule has 1 N–H and O–H groups in total. The van der Waals surface area contributed by atoms with Gasteiger partial charge in [-0.3, -0.25) is 4.79 Å². The standard InChI is InChI=1S/C19H23N3OS2/c1-10-14-12(3)21-18(19(4,5)6)22-17(14)25-15(10)16(23)20-11(2)13-8-7-9-24-13/h7-9,11H,1-6H3,(H,20,23). The number of aromatic nitrogens is 2. The van der Waals surface area contributed by atoms with Crippen molar-refractivity contribution in [3.63, 3.8) is 0 Å². The molecule has 0 aliphatic rings. The van der Waals surface area contributed by atoms with Crippen molar-refractivity contribution in [2.45, 2.75) is 53.0 Å². The minimum Gasteiger partial charge on any atom is -0.344 e. The summed E-state index contributed by atoms with van der Waals surface area (Å²) in [6, 6.07) is 4.04. The van der Waals surface area contributed by atoms with Crippen molar-refractivity contribution < 1.29 is 4.79 Å². The number of carbonyl (C=O) groups is 1. The van der Waals surface area contributed by atoms with Crippen LogP contribution in [0.3, 0.4) is 0 Å². The van der Waals surface area contributed by atoms with Crippen LogP contribution in [-0.2, 0) is 5.41 Å². The van der Waals surface area contributed by atoms with E-state index in [0.29, 0.717) is 0 Å². The Morgan fingerprint density at radius 3 is 2.56 bits per heavy atom. The minimum atomic E-state index is -0.118. The molecule has 3 heterocycles. The lowest BCUT2D eigenvalue weighted by Crippen LogP contribution is -2.25. The molecule has 1 atom stereocenters. The molecule has 3 aromatic heterocycles. The molecule has 6 heteroatoms. The Balaban J connectivity index is 1.98. The zero-order valence-electron chi connectivity index (χ0n) is 15.4. The maximum atomic E-state index is 12.8. The maximum Gasteiger partial charge on any atom is 0.262 e. The normalized spacial score (nSPS) is 13.2. The highest BCUT2D eigenvalue weighted by molar-refractivity contribution is 7.20. The van der Waals surface area contributed by atoms with Gasteiger partial charge in [-0.05, 0) is 37.8 Å². The van der Waals surface area contributed by atoms with Crippen LogP contribution in [0.1, 0.15) is 65.4 Å². The number of amides is 1. The summed E-state index contributed by atoms with van der Waals surface area (Å²) >= 11 is 3.11. The Hall–Kier alpha value is -1.79. The van der Waals surface area contributed by atoms with Crippen molar-refractivity contribution >= 4 is 38.8 Å². The van der Waals surface area contributed by atoms with Crippen LogP contribution in [0, 0.1) is 13.8 Å². The number of hydrogen-bond donors (Lipinski definition) is 1. The van der Waals surface area contributed by atoms with Crippen LogP contribution in [0.25, 0.3) is 10.2 Å². The molecule has 3 aromatic rings. The lowest BCUT2D eigenvalue weighted by Gasteiger charge is -2.16. The molecule has 25 heavy (non-hydrogen) atoms. The van der Waals surface area contributed by atoms with E-state index < -0.39 is 0 Å². The fourth-order valence-corrected chi connectivity index (χ4v) is 4.63. The van der Waals surface area contributed by atoms with Gasteiger partial charge in [0.2, 0.25) is 0 Å². The molecule has 1 amide bonds. The first-order valence-corrected chi connectivity index (χ1v) is 10.0. The van der Waals surface area contributed by atoms with Crippen LogP contribution in [0.2, 0.25) is 0 Å². The molecule has 0 saturated carbocycles. The van der Waals surface area contributed by atoms with Crippen LogP contribution >= 0.6 is 22.7 Å². The molecule has 0 radical (unpaired) electrons. The first-order valence-electron chi connectivity index (χ1n) is 8.31. The fraction of sp³-hybridized carbons (Fsp3) is 0.421. The quantitative estimate of drug-likeness (QED) is 0.690. The van der Waals surface area contributed by atoms with Crippen LogP contribution in [0.15, 0.2) is 17.5 Å². The van der Waals surface area contributed by atoms with E-state index in [2.05, 4.69) is 31.1 Å². The molecule has 0 aliphatic carbocycles. The van der Waals surface area contributed by atoms with Gasteiger partial charge in [0, 0.05) is 15.7 Å². The van der Waals surface area contributed by atoms with E-state index in [1.54, 1.807) is 11.3 Å². The average molecular weight is 374 g/mol. The van der Waals surface area contributed by atoms with Crippen molar-refractivity contribution in [1.29, 1.82) is 0 Å². The van der Waals surface area contributed by atoms with Gasteiger partial charge in [-0.2, -0.15) is 0 Å². The van der Waals surface area contributed by atoms with E-state index in [1.165, 1.54) is 11.3 Å². The van der Waals surface area contributed by atoms with Gasteiger partial charge in [0.15, 0.2) is 0 Å². The summed E-state index contributed by atoms with van der Waals surface area (Å²) in [5, 5.41) is 6.13. The molecule has 4 nitrogen and oxygen atoms in total. The van der Waals surface area contributed by atoms with Crippen molar-refractivity contribution in [3.8, 4) is 0 Å². The number of nitrogens with one attached hydrogen (secondary N) is 1. The third kappa shape index (κ3) is 3.46. The van der Waals surface area contributed by atoms with E-state index in [-0.39, 0.29) is 17.4 Å². The SMILES string of the molecule is Cc1nc(C(C)(C)C)nc2sc(C(=O)NC(C)c3cccs3)c(C)c12. The van der Waals surface area contributed by atoms with Crippen molar-refractivity contribution in [2.75, 3.05) is 0 Å². The Morgan fingerprint density at radius 2 is 1.96 bits per heavy atom. The van der Waals surface area contributed by atoms with Gasteiger partial charge in [-0.15, -0.1) is 22.7 Å². The Kier molecular flexibility index (Phi) is 4.68. The number of fused-ring (bicyclic) bond motifs is 1. The van der Waals surface area contributed by atoms with E-state index in [0.717, 1.165) is 37.1 Å². The van der Waals surface area contributed by atoms with Crippen LogP contribution in [0.4, 0.5) is 0 Å². The van der Waals surface area contributed by atoms with Crippen molar-refractivity contribution in [2.24, 2.45) is 0 Å². The third-order valence-corrected chi connectivity index (χ3v) is 6.41. The summed E-state index contributed by atoms with van der Waals surface area (Å²) in [5.41, 5.74) is 1.79. The van der Waals surface area contributed by atoms with Crippen molar-refractivity contribution in [1.82, 2.24) is 15.3 Å². The smallest absolute Gasteiger partial charge is 0.262 e. The summed E-state index contributed by atoms with van der Waals surface area (Å²) < 4.78 is 0. The van der Waals surface area contributed by atoms with Gasteiger partial charge >= 0.3 is 0 Å². The molecular weight excluding hydrogens is 350 g/mol. The number of rotatable bonds is 3. The van der Waals surface area contributed by atoms with Gasteiger partial charge in [-0.1, -0.05) is 26.8 Å². The molecule has 0 spiro atoms. The number of hydrogen-bond acceptors (Lipinski definition) is 5. The van der Waals surface area contributed by atoms with Gasteiger partial charge in [0.1, 0.15) is 10.7 Å². The Morgan fingerprint density at radius 1 is 1.24 bits per heavy atom. The summed E-state index contributed by atoms with van der Waals surface area (Å²) in [7, 11) is 0. The monoisotopic (exact) mass is 373 g/mol. The fourth-order valence-electron chi connectivity index (χ4n) is 2.76. The molecular formula is C19H23N3OS2. The zero-order chi connectivity index (χ0) is 18.4. The summed E-state index contributed by atoms with van der Waals surface area (Å²) in [4.78, 5) is 25.0. The Labute approximate surface area is 156 Å². The second-order valence-electron chi connectivity index (χ2n) is 7.33. The number of carbonyl (C=O) groups excluding carboxylic acids is 1. The summed E-state index contributed by atoms with van der Waals surface area (Å²) in [6.07, 6.45) is 0. The van der Waals surface area contributed by atoms with Gasteiger partial charge in [-0.25, -0.2) is 9.97 Å². The summed E-state index contributed by atoms with van der Waals surface area (Å²) in [5.74, 6) is 0.774. The molecule has 0 aromatic carbocycles. The largest absolute Gasteiger partial charge is 0.344 e. The van der Waals surface area contributed by atoms with E-state index in [4.69, 9.17) is 4.98 Å². The maximum absolute atomic E-state index is 12.8. The summed E-state index contributed by atoms with van der Waals surface area (Å²) in [6.45, 7) is 12.3. The highest BCUT2D eigenvalue weighted by atomic mass is 32.1. The van der Waals surface area contributed by atoms with Gasteiger partial charge < -0.3 is 5.32 Å². The lowest BCUT2D eigenvalue weighted by molar-refractivity contribution is 0.0944. The number of aryl methyl sites for hydroxylation is 2. The predicted octanol–water partition coefficient (Wildman–Crippen LogP) is 5.16. The highest BCUT2D eigenvalue weighted by Crippen LogP contribution is 2.33. The first-order chi connectivity index (χ1) is 11.7. The molecule has 3 rings (SSSR count). The molecule has 0 fully saturated rings. The molecule has 0 aliphatic heterocycles. The molecule has 0 saturated heterocycles. The Bertz CT molecular complexity index is 920. The van der Waals surface area contributed by atoms with Crippen LogP contribution < -0.4 is 5.32 Å². The van der Waals surface area contributed by atoms with Crippen molar-refractivity contribution in [3.05, 3.63) is 44.3 Å². The topological polar surface area (TPSA) is 54.9 Å². The number of thiophene rings is 2. The van der Waals surface area contributed by atoms with E-state index in [9.17, 15) is 4.79 Å². The van der Waals surface area contributed by atoms with Gasteiger partial charge in [0.25, 0.3) is 5.91 Å². The van der Waals surface area contributed by atoms with Crippen LogP contribution in [-0.4, -0.2) is 15.9 Å². The molecule has 132 valence electrons. The van der Waals surface area contributed by atoms with Gasteiger partial charge in [0.05, 0.1) is 16.6 Å². The number of nitrogens with zero attached hydrogens (tertiary/aromatic N) is 2.